The molecule has 1 saturated carbocycles. The van der Waals surface area contributed by atoms with Crippen LogP contribution in [0.2, 0.25) is 0 Å². The molecule has 3 aliphatic rings. The third kappa shape index (κ3) is 6.93. The first-order valence-electron chi connectivity index (χ1n) is 16.5. The molecule has 0 radical (unpaired) electrons. The van der Waals surface area contributed by atoms with Crippen LogP contribution in [-0.4, -0.2) is 74.7 Å². The lowest BCUT2D eigenvalue weighted by Gasteiger charge is -2.30. The first kappa shape index (κ1) is 33.2. The van der Waals surface area contributed by atoms with E-state index in [-0.39, 0.29) is 31.2 Å². The van der Waals surface area contributed by atoms with E-state index in [0.29, 0.717) is 23.7 Å². The fourth-order valence-corrected chi connectivity index (χ4v) is 6.74. The second-order valence-electron chi connectivity index (χ2n) is 13.9. The lowest BCUT2D eigenvalue weighted by Crippen LogP contribution is -2.56. The Morgan fingerprint density at radius 2 is 1.85 bits per heavy atom. The van der Waals surface area contributed by atoms with Crippen molar-refractivity contribution in [1.29, 1.82) is 0 Å². The lowest BCUT2D eigenvalue weighted by atomic mass is 10.0. The molecular weight excluding hydrogens is 619 g/mol. The summed E-state index contributed by atoms with van der Waals surface area (Å²) in [6.45, 7) is 5.15. The Morgan fingerprint density at radius 3 is 2.60 bits per heavy atom. The van der Waals surface area contributed by atoms with E-state index < -0.39 is 59.0 Å². The number of nitrogens with zero attached hydrogens (tertiary/aromatic N) is 2. The number of hydrogen-bond donors (Lipinski definition) is 3. The maximum atomic E-state index is 14.3. The number of aliphatic carboxylic acids is 1. The van der Waals surface area contributed by atoms with Gasteiger partial charge in [-0.15, -0.1) is 0 Å². The predicted octanol–water partition coefficient (Wildman–Crippen LogP) is 5.25. The Balaban J connectivity index is 1.33. The molecule has 12 heteroatoms. The van der Waals surface area contributed by atoms with Crippen LogP contribution in [-0.2, 0) is 19.1 Å². The van der Waals surface area contributed by atoms with Gasteiger partial charge in [0.2, 0.25) is 17.7 Å². The van der Waals surface area contributed by atoms with Gasteiger partial charge < -0.3 is 30.1 Å². The Hall–Kier alpha value is -4.74. The van der Waals surface area contributed by atoms with E-state index in [1.165, 1.54) is 17.0 Å². The molecular formula is C36H41FN4O7. The average molecular weight is 661 g/mol. The van der Waals surface area contributed by atoms with Crippen molar-refractivity contribution in [3.8, 4) is 5.88 Å². The van der Waals surface area contributed by atoms with Crippen molar-refractivity contribution in [3.63, 3.8) is 0 Å². The van der Waals surface area contributed by atoms with Crippen molar-refractivity contribution in [2.45, 2.75) is 95.0 Å². The van der Waals surface area contributed by atoms with Crippen LogP contribution in [0.3, 0.4) is 0 Å². The van der Waals surface area contributed by atoms with E-state index in [2.05, 4.69) is 15.6 Å². The third-order valence-electron chi connectivity index (χ3n) is 9.22. The van der Waals surface area contributed by atoms with Crippen LogP contribution in [0.25, 0.3) is 21.7 Å². The van der Waals surface area contributed by atoms with Crippen molar-refractivity contribution in [1.82, 2.24) is 20.5 Å². The summed E-state index contributed by atoms with van der Waals surface area (Å²) in [6, 6.07) is 9.71. The molecule has 1 saturated heterocycles. The number of aromatic nitrogens is 1. The highest BCUT2D eigenvalue weighted by Crippen LogP contribution is 2.45. The molecule has 2 aliphatic heterocycles. The van der Waals surface area contributed by atoms with Gasteiger partial charge in [-0.25, -0.2) is 19.0 Å². The number of carboxylic acids is 1. The highest BCUT2D eigenvalue weighted by molar-refractivity contribution is 6.07. The highest BCUT2D eigenvalue weighted by atomic mass is 19.1. The van der Waals surface area contributed by atoms with Crippen LogP contribution in [0.1, 0.15) is 65.7 Å². The van der Waals surface area contributed by atoms with Gasteiger partial charge in [0.15, 0.2) is 0 Å². The van der Waals surface area contributed by atoms with Gasteiger partial charge in [0.25, 0.3) is 0 Å². The largest absolute Gasteiger partial charge is 0.479 e. The van der Waals surface area contributed by atoms with E-state index in [1.54, 1.807) is 26.8 Å². The molecule has 5 atom stereocenters. The van der Waals surface area contributed by atoms with Crippen LogP contribution in [0.5, 0.6) is 5.88 Å². The number of amides is 3. The summed E-state index contributed by atoms with van der Waals surface area (Å²) in [5.41, 5.74) is -1.86. The lowest BCUT2D eigenvalue weighted by molar-refractivity contribution is -0.145. The van der Waals surface area contributed by atoms with Crippen molar-refractivity contribution in [2.75, 3.05) is 6.54 Å². The maximum absolute atomic E-state index is 14.3. The quantitative estimate of drug-likeness (QED) is 0.254. The summed E-state index contributed by atoms with van der Waals surface area (Å²) < 4.78 is 26.1. The van der Waals surface area contributed by atoms with Gasteiger partial charge in [0, 0.05) is 29.2 Å². The predicted molar refractivity (Wildman–Crippen MR) is 176 cm³/mol. The van der Waals surface area contributed by atoms with Gasteiger partial charge in [-0.2, -0.15) is 0 Å². The Labute approximate surface area is 277 Å². The second-order valence-corrected chi connectivity index (χ2v) is 13.9. The SMILES string of the molecule is CC(C)(C)OC(=O)N[C@H]1CCCCCC=C[C@@H]2C[C@@]2(C(=O)O)NC(=O)[C@@H]2C[C@@H](Oc3nc4cc(F)ccc4c4ccccc34)CN2C1=O. The molecule has 11 nitrogen and oxygen atoms in total. The number of carbonyl (C=O) groups is 4. The van der Waals surface area contributed by atoms with Gasteiger partial charge in [-0.1, -0.05) is 43.2 Å². The van der Waals surface area contributed by atoms with Gasteiger partial charge in [-0.05, 0) is 70.0 Å². The Kier molecular flexibility index (Phi) is 9.02. The molecule has 1 aliphatic carbocycles. The number of ether oxygens (including phenoxy) is 2. The summed E-state index contributed by atoms with van der Waals surface area (Å²) in [5, 5.41) is 17.8. The molecule has 1 aromatic heterocycles. The number of halogens is 1. The van der Waals surface area contributed by atoms with Crippen LogP contribution in [0, 0.1) is 11.7 Å². The molecule has 3 heterocycles. The smallest absolute Gasteiger partial charge is 0.408 e. The molecule has 3 aromatic rings. The molecule has 6 rings (SSSR count). The number of rotatable bonds is 4. The normalized spacial score (nSPS) is 26.5. The maximum Gasteiger partial charge on any atom is 0.408 e. The molecule has 3 N–H and O–H groups in total. The number of allylic oxidation sites excluding steroid dienone is 1. The third-order valence-corrected chi connectivity index (χ3v) is 9.22. The summed E-state index contributed by atoms with van der Waals surface area (Å²) >= 11 is 0. The van der Waals surface area contributed by atoms with Crippen molar-refractivity contribution in [3.05, 3.63) is 60.4 Å². The summed E-state index contributed by atoms with van der Waals surface area (Å²) in [7, 11) is 0. The standard InChI is InChI=1S/C36H41FN4O7/c1-35(2,3)48-34(46)39-27-14-8-6-4-5-7-11-21-19-36(21,33(44)45)40-30(42)29-18-23(20-41(29)32(27)43)47-31-26-13-10-9-12-24(26)25-16-15-22(37)17-28(25)38-31/h7,9-13,15-17,21,23,27,29H,4-6,8,14,18-20H2,1-3H3,(H,39,46)(H,40,42)(H,44,45)/t21-,23-,27+,29+,36-/m1/s1. The minimum absolute atomic E-state index is 0.0238. The number of carbonyl (C=O) groups excluding carboxylic acids is 3. The zero-order chi connectivity index (χ0) is 34.2. The first-order valence-corrected chi connectivity index (χ1v) is 16.5. The van der Waals surface area contributed by atoms with Crippen molar-refractivity contribution >= 4 is 45.6 Å². The Bertz CT molecular complexity index is 1790. The molecule has 254 valence electrons. The molecule has 3 amide bonds. The first-order chi connectivity index (χ1) is 22.8. The number of nitrogens with one attached hydrogen (secondary N) is 2. The van der Waals surface area contributed by atoms with Crippen molar-refractivity contribution in [2.24, 2.45) is 5.92 Å². The minimum atomic E-state index is -1.46. The molecule has 48 heavy (non-hydrogen) atoms. The molecule has 2 fully saturated rings. The van der Waals surface area contributed by atoms with Gasteiger partial charge >= 0.3 is 12.1 Å². The van der Waals surface area contributed by atoms with E-state index in [1.807, 2.05) is 36.4 Å². The van der Waals surface area contributed by atoms with Crippen LogP contribution in [0.4, 0.5) is 9.18 Å². The number of carboxylic acid groups (broad SMARTS) is 1. The van der Waals surface area contributed by atoms with Crippen molar-refractivity contribution < 1.29 is 38.1 Å². The zero-order valence-corrected chi connectivity index (χ0v) is 27.3. The average Bonchev–Trinajstić information content (AvgIpc) is 3.56. The Morgan fingerprint density at radius 1 is 1.08 bits per heavy atom. The summed E-state index contributed by atoms with van der Waals surface area (Å²) in [6.07, 6.45) is 5.92. The van der Waals surface area contributed by atoms with Crippen LogP contribution < -0.4 is 15.4 Å². The molecule has 2 aromatic carbocycles. The topological polar surface area (TPSA) is 147 Å². The summed E-state index contributed by atoms with van der Waals surface area (Å²) in [4.78, 5) is 59.5. The van der Waals surface area contributed by atoms with E-state index >= 15 is 0 Å². The van der Waals surface area contributed by atoms with Crippen LogP contribution in [0.15, 0.2) is 54.6 Å². The number of alkyl carbamates (subject to hydrolysis) is 1. The van der Waals surface area contributed by atoms with E-state index in [0.717, 1.165) is 30.0 Å². The van der Waals surface area contributed by atoms with Gasteiger partial charge in [-0.3, -0.25) is 9.59 Å². The van der Waals surface area contributed by atoms with Gasteiger partial charge in [0.1, 0.15) is 35.1 Å². The molecule has 0 bridgehead atoms. The second kappa shape index (κ2) is 13.0. The van der Waals surface area contributed by atoms with Gasteiger partial charge in [0.05, 0.1) is 12.1 Å². The highest BCUT2D eigenvalue weighted by Gasteiger charge is 2.61. The van der Waals surface area contributed by atoms with E-state index in [4.69, 9.17) is 9.47 Å². The summed E-state index contributed by atoms with van der Waals surface area (Å²) in [5.74, 6) is -2.83. The monoisotopic (exact) mass is 660 g/mol. The van der Waals surface area contributed by atoms with E-state index in [9.17, 15) is 28.7 Å². The number of benzene rings is 2. The molecule has 0 unspecified atom stereocenters. The number of fused-ring (bicyclic) bond motifs is 5. The zero-order valence-electron chi connectivity index (χ0n) is 27.3. The fourth-order valence-electron chi connectivity index (χ4n) is 6.74. The minimum Gasteiger partial charge on any atom is -0.479 e. The number of pyridine rings is 1. The fraction of sp³-hybridized carbons (Fsp3) is 0.472. The number of hydrogen-bond acceptors (Lipinski definition) is 7. The van der Waals surface area contributed by atoms with Crippen LogP contribution >= 0.6 is 0 Å². The molecule has 0 spiro atoms.